The molecule has 0 spiro atoms. The summed E-state index contributed by atoms with van der Waals surface area (Å²) in [6.07, 6.45) is 4.06. The first-order valence-electron chi connectivity index (χ1n) is 5.16. The molecule has 0 radical (unpaired) electrons. The normalized spacial score (nSPS) is 10.7. The Bertz CT molecular complexity index is 245. The Hall–Kier alpha value is -0.940. The molecule has 1 aromatic rings. The number of hydrogen-bond acceptors (Lipinski definition) is 4. The molecule has 1 aromatic heterocycles. The Labute approximate surface area is 84.7 Å². The maximum absolute atomic E-state index is 5.41. The van der Waals surface area contributed by atoms with E-state index in [-0.39, 0.29) is 0 Å². The predicted molar refractivity (Wildman–Crippen MR) is 55.7 cm³/mol. The zero-order chi connectivity index (χ0) is 10.2. The summed E-state index contributed by atoms with van der Waals surface area (Å²) in [7, 11) is 0. The summed E-state index contributed by atoms with van der Waals surface area (Å²) < 4.78 is 1.84. The zero-order valence-corrected chi connectivity index (χ0v) is 8.74. The number of rotatable bonds is 7. The van der Waals surface area contributed by atoms with E-state index in [0.717, 1.165) is 38.2 Å². The summed E-state index contributed by atoms with van der Waals surface area (Å²) in [5, 5.41) is 11.3. The van der Waals surface area contributed by atoms with Crippen LogP contribution in [0.3, 0.4) is 0 Å². The highest BCUT2D eigenvalue weighted by Gasteiger charge is 1.98. The SMILES string of the molecule is CCCNCc1cn(CCCN)nn1. The number of aryl methyl sites for hydroxylation is 1. The van der Waals surface area contributed by atoms with Gasteiger partial charge in [0.25, 0.3) is 0 Å². The van der Waals surface area contributed by atoms with Gasteiger partial charge in [0, 0.05) is 19.3 Å². The van der Waals surface area contributed by atoms with E-state index in [9.17, 15) is 0 Å². The van der Waals surface area contributed by atoms with Crippen molar-refractivity contribution < 1.29 is 0 Å². The van der Waals surface area contributed by atoms with Crippen molar-refractivity contribution in [1.29, 1.82) is 0 Å². The van der Waals surface area contributed by atoms with Gasteiger partial charge in [-0.2, -0.15) is 0 Å². The molecule has 0 saturated carbocycles. The number of hydrogen-bond donors (Lipinski definition) is 2. The van der Waals surface area contributed by atoms with Crippen LogP contribution < -0.4 is 11.1 Å². The highest BCUT2D eigenvalue weighted by molar-refractivity contribution is 4.91. The van der Waals surface area contributed by atoms with E-state index in [0.29, 0.717) is 6.54 Å². The molecule has 0 saturated heterocycles. The molecule has 14 heavy (non-hydrogen) atoms. The Kier molecular flexibility index (Phi) is 5.17. The molecule has 0 aliphatic rings. The quantitative estimate of drug-likeness (QED) is 0.609. The fourth-order valence-corrected chi connectivity index (χ4v) is 1.18. The summed E-state index contributed by atoms with van der Waals surface area (Å²) in [6, 6.07) is 0. The summed E-state index contributed by atoms with van der Waals surface area (Å²) in [5.41, 5.74) is 6.40. The van der Waals surface area contributed by atoms with E-state index in [1.165, 1.54) is 0 Å². The lowest BCUT2D eigenvalue weighted by Crippen LogP contribution is -2.13. The van der Waals surface area contributed by atoms with Gasteiger partial charge in [0.05, 0.1) is 5.69 Å². The molecule has 80 valence electrons. The molecule has 0 fully saturated rings. The van der Waals surface area contributed by atoms with Gasteiger partial charge in [0.2, 0.25) is 0 Å². The van der Waals surface area contributed by atoms with E-state index in [2.05, 4.69) is 22.6 Å². The molecule has 5 nitrogen and oxygen atoms in total. The van der Waals surface area contributed by atoms with Crippen LogP contribution in [0.2, 0.25) is 0 Å². The molecule has 0 amide bonds. The van der Waals surface area contributed by atoms with Gasteiger partial charge in [0.15, 0.2) is 0 Å². The average Bonchev–Trinajstić information content (AvgIpc) is 2.63. The van der Waals surface area contributed by atoms with E-state index < -0.39 is 0 Å². The number of nitrogens with one attached hydrogen (secondary N) is 1. The monoisotopic (exact) mass is 197 g/mol. The molecule has 0 unspecified atom stereocenters. The highest BCUT2D eigenvalue weighted by atomic mass is 15.4. The Balaban J connectivity index is 2.27. The standard InChI is InChI=1S/C9H19N5/c1-2-5-11-7-9-8-14(13-12-9)6-3-4-10/h8,11H,2-7,10H2,1H3. The molecule has 0 bridgehead atoms. The maximum atomic E-state index is 5.41. The lowest BCUT2D eigenvalue weighted by molar-refractivity contribution is 0.564. The van der Waals surface area contributed by atoms with Gasteiger partial charge in [0.1, 0.15) is 0 Å². The van der Waals surface area contributed by atoms with Crippen molar-refractivity contribution in [3.8, 4) is 0 Å². The first-order valence-corrected chi connectivity index (χ1v) is 5.16. The lowest BCUT2D eigenvalue weighted by atomic mass is 10.4. The molecular weight excluding hydrogens is 178 g/mol. The smallest absolute Gasteiger partial charge is 0.0964 e. The van der Waals surface area contributed by atoms with Crippen LogP contribution in [0.15, 0.2) is 6.20 Å². The third kappa shape index (κ3) is 3.85. The van der Waals surface area contributed by atoms with Crippen molar-refractivity contribution >= 4 is 0 Å². The van der Waals surface area contributed by atoms with Crippen molar-refractivity contribution in [3.63, 3.8) is 0 Å². The van der Waals surface area contributed by atoms with Crippen LogP contribution in [0.5, 0.6) is 0 Å². The number of nitrogens with zero attached hydrogens (tertiary/aromatic N) is 3. The summed E-state index contributed by atoms with van der Waals surface area (Å²) in [5.74, 6) is 0. The van der Waals surface area contributed by atoms with Gasteiger partial charge >= 0.3 is 0 Å². The van der Waals surface area contributed by atoms with Crippen LogP contribution in [0.1, 0.15) is 25.5 Å². The zero-order valence-electron chi connectivity index (χ0n) is 8.74. The van der Waals surface area contributed by atoms with Crippen LogP contribution in [-0.2, 0) is 13.1 Å². The Morgan fingerprint density at radius 1 is 1.57 bits per heavy atom. The van der Waals surface area contributed by atoms with Crippen molar-refractivity contribution in [2.45, 2.75) is 32.9 Å². The fourth-order valence-electron chi connectivity index (χ4n) is 1.18. The minimum atomic E-state index is 0.698. The van der Waals surface area contributed by atoms with Gasteiger partial charge in [-0.25, -0.2) is 0 Å². The molecule has 0 aliphatic heterocycles. The Morgan fingerprint density at radius 2 is 2.43 bits per heavy atom. The van der Waals surface area contributed by atoms with E-state index in [4.69, 9.17) is 5.73 Å². The molecule has 0 aliphatic carbocycles. The predicted octanol–water partition coefficient (Wildman–Crippen LogP) is 0.127. The molecule has 0 aromatic carbocycles. The van der Waals surface area contributed by atoms with Crippen molar-refractivity contribution in [2.75, 3.05) is 13.1 Å². The lowest BCUT2D eigenvalue weighted by Gasteiger charge is -1.97. The topological polar surface area (TPSA) is 68.8 Å². The van der Waals surface area contributed by atoms with Crippen LogP contribution in [-0.4, -0.2) is 28.1 Å². The maximum Gasteiger partial charge on any atom is 0.0964 e. The van der Waals surface area contributed by atoms with Crippen LogP contribution in [0.25, 0.3) is 0 Å². The van der Waals surface area contributed by atoms with Crippen LogP contribution in [0, 0.1) is 0 Å². The molecule has 1 rings (SSSR count). The fraction of sp³-hybridized carbons (Fsp3) is 0.778. The first-order chi connectivity index (χ1) is 6.86. The minimum absolute atomic E-state index is 0.698. The highest BCUT2D eigenvalue weighted by Crippen LogP contribution is 1.93. The van der Waals surface area contributed by atoms with Crippen LogP contribution in [0.4, 0.5) is 0 Å². The average molecular weight is 197 g/mol. The molecular formula is C9H19N5. The van der Waals surface area contributed by atoms with Crippen LogP contribution >= 0.6 is 0 Å². The minimum Gasteiger partial charge on any atom is -0.330 e. The number of nitrogens with two attached hydrogens (primary N) is 1. The van der Waals surface area contributed by atoms with Gasteiger partial charge < -0.3 is 11.1 Å². The molecule has 3 N–H and O–H groups in total. The molecule has 0 atom stereocenters. The first kappa shape index (κ1) is 11.1. The summed E-state index contributed by atoms with van der Waals surface area (Å²) in [4.78, 5) is 0. The van der Waals surface area contributed by atoms with E-state index in [1.807, 2.05) is 10.9 Å². The number of aromatic nitrogens is 3. The van der Waals surface area contributed by atoms with Crippen molar-refractivity contribution in [2.24, 2.45) is 5.73 Å². The van der Waals surface area contributed by atoms with Gasteiger partial charge in [-0.3, -0.25) is 4.68 Å². The van der Waals surface area contributed by atoms with E-state index >= 15 is 0 Å². The van der Waals surface area contributed by atoms with Gasteiger partial charge in [-0.05, 0) is 25.9 Å². The van der Waals surface area contributed by atoms with Crippen molar-refractivity contribution in [1.82, 2.24) is 20.3 Å². The summed E-state index contributed by atoms with van der Waals surface area (Å²) >= 11 is 0. The molecule has 5 heteroatoms. The second-order valence-corrected chi connectivity index (χ2v) is 3.29. The Morgan fingerprint density at radius 3 is 3.14 bits per heavy atom. The second kappa shape index (κ2) is 6.50. The van der Waals surface area contributed by atoms with E-state index in [1.54, 1.807) is 0 Å². The third-order valence-corrected chi connectivity index (χ3v) is 1.91. The largest absolute Gasteiger partial charge is 0.330 e. The van der Waals surface area contributed by atoms with Gasteiger partial charge in [-0.1, -0.05) is 12.1 Å². The third-order valence-electron chi connectivity index (χ3n) is 1.91. The molecule has 1 heterocycles. The van der Waals surface area contributed by atoms with Gasteiger partial charge in [-0.15, -0.1) is 5.10 Å². The summed E-state index contributed by atoms with van der Waals surface area (Å²) in [6.45, 7) is 5.53. The van der Waals surface area contributed by atoms with Crippen molar-refractivity contribution in [3.05, 3.63) is 11.9 Å². The second-order valence-electron chi connectivity index (χ2n) is 3.29.